The predicted molar refractivity (Wildman–Crippen MR) is 99.0 cm³/mol. The molecule has 0 bridgehead atoms. The molecule has 0 aliphatic carbocycles. The average molecular weight is 365 g/mol. The van der Waals surface area contributed by atoms with E-state index < -0.39 is 0 Å². The fourth-order valence-electron chi connectivity index (χ4n) is 2.72. The van der Waals surface area contributed by atoms with Gasteiger partial charge in [0.25, 0.3) is 5.91 Å². The zero-order chi connectivity index (χ0) is 17.9. The Bertz CT molecular complexity index is 1060. The fourth-order valence-corrected chi connectivity index (χ4v) is 3.49. The molecule has 7 nitrogen and oxygen atoms in total. The van der Waals surface area contributed by atoms with E-state index in [-0.39, 0.29) is 19.1 Å². The third-order valence-electron chi connectivity index (χ3n) is 3.87. The van der Waals surface area contributed by atoms with Crippen LogP contribution in [0.5, 0.6) is 0 Å². The monoisotopic (exact) mass is 365 g/mol. The quantitative estimate of drug-likeness (QED) is 0.566. The lowest BCUT2D eigenvalue weighted by Gasteiger charge is -2.02. The second-order valence-corrected chi connectivity index (χ2v) is 6.37. The van der Waals surface area contributed by atoms with Gasteiger partial charge in [0.15, 0.2) is 0 Å². The molecule has 0 saturated carbocycles. The first-order chi connectivity index (χ1) is 12.8. The number of hydrogen-bond donors (Lipinski definition) is 2. The molecule has 26 heavy (non-hydrogen) atoms. The molecule has 0 unspecified atom stereocenters. The van der Waals surface area contributed by atoms with E-state index >= 15 is 0 Å². The number of fused-ring (bicyclic) bond motifs is 1. The van der Waals surface area contributed by atoms with Crippen LogP contribution in [0.2, 0.25) is 0 Å². The van der Waals surface area contributed by atoms with Crippen LogP contribution < -0.4 is 5.32 Å². The molecule has 0 aliphatic heterocycles. The SMILES string of the molecule is O=C(NCCO)c1cc(-c2csc(-c3cnccn3)n2)n2ccccc12. The number of hydrogen-bond acceptors (Lipinski definition) is 6. The Labute approximate surface area is 153 Å². The lowest BCUT2D eigenvalue weighted by atomic mass is 10.2. The standard InChI is InChI=1S/C18H15N5O2S/c24-8-6-21-17(25)12-9-16(23-7-2-1-3-15(12)23)14-11-26-18(22-14)13-10-19-4-5-20-13/h1-5,7,9-11,24H,6,8H2,(H,21,25). The van der Waals surface area contributed by atoms with E-state index in [9.17, 15) is 4.79 Å². The number of aromatic nitrogens is 4. The Morgan fingerprint density at radius 2 is 2.19 bits per heavy atom. The van der Waals surface area contributed by atoms with Crippen molar-refractivity contribution in [2.24, 2.45) is 0 Å². The maximum Gasteiger partial charge on any atom is 0.253 e. The van der Waals surface area contributed by atoms with Gasteiger partial charge in [-0.05, 0) is 18.2 Å². The molecule has 0 radical (unpaired) electrons. The minimum atomic E-state index is -0.224. The van der Waals surface area contributed by atoms with E-state index in [1.807, 2.05) is 40.2 Å². The summed E-state index contributed by atoms with van der Waals surface area (Å²) in [6, 6.07) is 7.49. The number of pyridine rings is 1. The minimum Gasteiger partial charge on any atom is -0.395 e. The molecule has 8 heteroatoms. The van der Waals surface area contributed by atoms with Crippen molar-refractivity contribution >= 4 is 22.8 Å². The topological polar surface area (TPSA) is 92.4 Å². The number of carbonyl (C=O) groups excluding carboxylic acids is 1. The number of carbonyl (C=O) groups is 1. The van der Waals surface area contributed by atoms with Crippen molar-refractivity contribution in [3.05, 3.63) is 60.0 Å². The number of nitrogens with zero attached hydrogens (tertiary/aromatic N) is 4. The van der Waals surface area contributed by atoms with Gasteiger partial charge in [-0.15, -0.1) is 11.3 Å². The van der Waals surface area contributed by atoms with E-state index in [0.717, 1.165) is 21.9 Å². The summed E-state index contributed by atoms with van der Waals surface area (Å²) in [7, 11) is 0. The highest BCUT2D eigenvalue weighted by atomic mass is 32.1. The summed E-state index contributed by atoms with van der Waals surface area (Å²) in [5, 5.41) is 14.3. The number of thiazole rings is 1. The summed E-state index contributed by atoms with van der Waals surface area (Å²) in [6.07, 6.45) is 6.82. The van der Waals surface area contributed by atoms with Gasteiger partial charge in [0, 0.05) is 30.5 Å². The Balaban J connectivity index is 1.78. The molecule has 0 saturated heterocycles. The van der Waals surface area contributed by atoms with Gasteiger partial charge in [-0.2, -0.15) is 0 Å². The zero-order valence-electron chi connectivity index (χ0n) is 13.7. The largest absolute Gasteiger partial charge is 0.395 e. The van der Waals surface area contributed by atoms with Crippen molar-refractivity contribution in [1.29, 1.82) is 0 Å². The average Bonchev–Trinajstić information content (AvgIpc) is 3.32. The molecular weight excluding hydrogens is 350 g/mol. The van der Waals surface area contributed by atoms with Gasteiger partial charge in [0.1, 0.15) is 10.7 Å². The zero-order valence-corrected chi connectivity index (χ0v) is 14.5. The lowest BCUT2D eigenvalue weighted by molar-refractivity contribution is 0.0946. The first-order valence-corrected chi connectivity index (χ1v) is 8.87. The highest BCUT2D eigenvalue weighted by Crippen LogP contribution is 2.30. The fraction of sp³-hybridized carbons (Fsp3) is 0.111. The van der Waals surface area contributed by atoms with Gasteiger partial charge < -0.3 is 14.8 Å². The van der Waals surface area contributed by atoms with Crippen LogP contribution in [0.1, 0.15) is 10.4 Å². The van der Waals surface area contributed by atoms with Crippen molar-refractivity contribution < 1.29 is 9.90 Å². The van der Waals surface area contributed by atoms with Gasteiger partial charge in [0.2, 0.25) is 0 Å². The van der Waals surface area contributed by atoms with Crippen molar-refractivity contribution in [3.63, 3.8) is 0 Å². The third-order valence-corrected chi connectivity index (χ3v) is 4.73. The molecule has 4 rings (SSSR count). The predicted octanol–water partition coefficient (Wildman–Crippen LogP) is 2.24. The van der Waals surface area contributed by atoms with Crippen molar-refractivity contribution in [2.45, 2.75) is 0 Å². The van der Waals surface area contributed by atoms with Crippen LogP contribution in [0.15, 0.2) is 54.4 Å². The molecule has 4 heterocycles. The van der Waals surface area contributed by atoms with E-state index in [1.54, 1.807) is 18.6 Å². The third kappa shape index (κ3) is 2.96. The number of rotatable bonds is 5. The molecular formula is C18H15N5O2S. The number of aliphatic hydroxyl groups excluding tert-OH is 1. The van der Waals surface area contributed by atoms with Crippen LogP contribution in [0.4, 0.5) is 0 Å². The first kappa shape index (κ1) is 16.4. The van der Waals surface area contributed by atoms with Crippen molar-refractivity contribution in [1.82, 2.24) is 24.7 Å². The maximum atomic E-state index is 12.4. The van der Waals surface area contributed by atoms with E-state index in [1.165, 1.54) is 11.3 Å². The smallest absolute Gasteiger partial charge is 0.253 e. The molecule has 4 aromatic heterocycles. The molecule has 0 atom stereocenters. The van der Waals surface area contributed by atoms with Crippen LogP contribution in [-0.2, 0) is 0 Å². The summed E-state index contributed by atoms with van der Waals surface area (Å²) in [6.45, 7) is 0.115. The second kappa shape index (κ2) is 7.03. The van der Waals surface area contributed by atoms with Crippen molar-refractivity contribution in [3.8, 4) is 22.1 Å². The van der Waals surface area contributed by atoms with Gasteiger partial charge in [-0.1, -0.05) is 6.07 Å². The molecule has 0 fully saturated rings. The van der Waals surface area contributed by atoms with E-state index in [0.29, 0.717) is 11.3 Å². The Morgan fingerprint density at radius 1 is 1.27 bits per heavy atom. The number of aliphatic hydroxyl groups is 1. The van der Waals surface area contributed by atoms with Gasteiger partial charge in [-0.3, -0.25) is 14.8 Å². The molecule has 4 aromatic rings. The lowest BCUT2D eigenvalue weighted by Crippen LogP contribution is -2.26. The molecule has 0 aliphatic rings. The van der Waals surface area contributed by atoms with Gasteiger partial charge in [-0.25, -0.2) is 4.98 Å². The van der Waals surface area contributed by atoms with Crippen LogP contribution in [0.25, 0.3) is 27.6 Å². The Morgan fingerprint density at radius 3 is 3.00 bits per heavy atom. The number of amides is 1. The van der Waals surface area contributed by atoms with Gasteiger partial charge >= 0.3 is 0 Å². The summed E-state index contributed by atoms with van der Waals surface area (Å²) < 4.78 is 1.93. The first-order valence-electron chi connectivity index (χ1n) is 7.99. The maximum absolute atomic E-state index is 12.4. The van der Waals surface area contributed by atoms with Crippen LogP contribution in [0, 0.1) is 0 Å². The Kier molecular flexibility index (Phi) is 4.42. The van der Waals surface area contributed by atoms with E-state index in [4.69, 9.17) is 5.11 Å². The van der Waals surface area contributed by atoms with Crippen LogP contribution >= 0.6 is 11.3 Å². The summed E-state index contributed by atoms with van der Waals surface area (Å²) >= 11 is 1.48. The number of nitrogens with one attached hydrogen (secondary N) is 1. The molecule has 0 spiro atoms. The minimum absolute atomic E-state index is 0.0993. The van der Waals surface area contributed by atoms with Gasteiger partial charge in [0.05, 0.1) is 35.3 Å². The molecule has 2 N–H and O–H groups in total. The summed E-state index contributed by atoms with van der Waals surface area (Å²) in [5.41, 5.74) is 3.62. The second-order valence-electron chi connectivity index (χ2n) is 5.51. The summed E-state index contributed by atoms with van der Waals surface area (Å²) in [5.74, 6) is -0.224. The highest BCUT2D eigenvalue weighted by Gasteiger charge is 2.18. The van der Waals surface area contributed by atoms with Crippen LogP contribution in [-0.4, -0.2) is 43.5 Å². The molecule has 0 aromatic carbocycles. The molecule has 130 valence electrons. The highest BCUT2D eigenvalue weighted by molar-refractivity contribution is 7.13. The Hall–Kier alpha value is -3.10. The van der Waals surface area contributed by atoms with Crippen LogP contribution in [0.3, 0.4) is 0 Å². The van der Waals surface area contributed by atoms with E-state index in [2.05, 4.69) is 20.3 Å². The normalized spacial score (nSPS) is 11.0. The molecule has 1 amide bonds. The van der Waals surface area contributed by atoms with Crippen molar-refractivity contribution in [2.75, 3.05) is 13.2 Å². The summed E-state index contributed by atoms with van der Waals surface area (Å²) in [4.78, 5) is 25.4.